The van der Waals surface area contributed by atoms with Gasteiger partial charge in [0, 0.05) is 26.3 Å². The van der Waals surface area contributed by atoms with E-state index in [1.54, 1.807) is 27.4 Å². The lowest BCUT2D eigenvalue weighted by atomic mass is 10.2. The highest BCUT2D eigenvalue weighted by molar-refractivity contribution is 5.76. The van der Waals surface area contributed by atoms with E-state index in [0.29, 0.717) is 36.8 Å². The third-order valence-corrected chi connectivity index (χ3v) is 3.21. The van der Waals surface area contributed by atoms with Crippen molar-refractivity contribution in [1.29, 1.82) is 0 Å². The van der Waals surface area contributed by atoms with E-state index in [2.05, 4.69) is 10.3 Å². The highest BCUT2D eigenvalue weighted by Gasteiger charge is 2.07. The van der Waals surface area contributed by atoms with E-state index in [9.17, 15) is 4.79 Å². The average molecular weight is 304 g/mol. The number of aryl methyl sites for hydroxylation is 2. The molecule has 2 rings (SSSR count). The van der Waals surface area contributed by atoms with Gasteiger partial charge < -0.3 is 19.2 Å². The second-order valence-electron chi connectivity index (χ2n) is 4.82. The number of methoxy groups -OCH3 is 2. The lowest BCUT2D eigenvalue weighted by Gasteiger charge is -2.10. The van der Waals surface area contributed by atoms with Crippen molar-refractivity contribution in [3.63, 3.8) is 0 Å². The van der Waals surface area contributed by atoms with E-state index in [0.717, 1.165) is 11.3 Å². The third kappa shape index (κ3) is 4.25. The Hall–Kier alpha value is -2.50. The van der Waals surface area contributed by atoms with Crippen molar-refractivity contribution in [2.75, 3.05) is 14.2 Å². The molecule has 6 nitrogen and oxygen atoms in total. The maximum absolute atomic E-state index is 11.8. The molecule has 0 bridgehead atoms. The van der Waals surface area contributed by atoms with Crippen LogP contribution in [-0.2, 0) is 17.8 Å². The van der Waals surface area contributed by atoms with Crippen LogP contribution in [0.5, 0.6) is 11.5 Å². The van der Waals surface area contributed by atoms with Crippen LogP contribution in [0.15, 0.2) is 28.9 Å². The van der Waals surface area contributed by atoms with Crippen molar-refractivity contribution < 1.29 is 18.7 Å². The normalized spacial score (nSPS) is 10.3. The Morgan fingerprint density at radius 2 is 2.05 bits per heavy atom. The third-order valence-electron chi connectivity index (χ3n) is 3.21. The Labute approximate surface area is 129 Å². The number of hydrogen-bond donors (Lipinski definition) is 1. The number of oxazole rings is 1. The Bertz CT molecular complexity index is 637. The summed E-state index contributed by atoms with van der Waals surface area (Å²) in [5.41, 5.74) is 1.74. The number of hydrogen-bond acceptors (Lipinski definition) is 5. The Kier molecular flexibility index (Phi) is 5.41. The first-order valence-electron chi connectivity index (χ1n) is 7.01. The largest absolute Gasteiger partial charge is 0.493 e. The van der Waals surface area contributed by atoms with Gasteiger partial charge in [-0.15, -0.1) is 0 Å². The van der Waals surface area contributed by atoms with E-state index >= 15 is 0 Å². The monoisotopic (exact) mass is 304 g/mol. The number of ether oxygens (including phenoxy) is 2. The number of aromatic nitrogens is 1. The first kappa shape index (κ1) is 15.9. The van der Waals surface area contributed by atoms with E-state index in [1.165, 1.54) is 0 Å². The molecule has 118 valence electrons. The molecule has 0 saturated carbocycles. The minimum atomic E-state index is -0.0320. The SMILES string of the molecule is COc1ccc(CNC(=O)CCc2coc(C)n2)cc1OC. The lowest BCUT2D eigenvalue weighted by molar-refractivity contribution is -0.121. The zero-order chi connectivity index (χ0) is 15.9. The number of nitrogens with one attached hydrogen (secondary N) is 1. The van der Waals surface area contributed by atoms with Gasteiger partial charge >= 0.3 is 0 Å². The standard InChI is InChI=1S/C16H20N2O4/c1-11-18-13(10-22-11)5-7-16(19)17-9-12-4-6-14(20-2)15(8-12)21-3/h4,6,8,10H,5,7,9H2,1-3H3,(H,17,19). The van der Waals surface area contributed by atoms with Crippen LogP contribution in [0.3, 0.4) is 0 Å². The Morgan fingerprint density at radius 1 is 1.27 bits per heavy atom. The fourth-order valence-corrected chi connectivity index (χ4v) is 2.04. The quantitative estimate of drug-likeness (QED) is 0.849. The molecule has 1 aromatic carbocycles. The summed E-state index contributed by atoms with van der Waals surface area (Å²) in [6, 6.07) is 5.56. The van der Waals surface area contributed by atoms with Gasteiger partial charge in [-0.25, -0.2) is 4.98 Å². The summed E-state index contributed by atoms with van der Waals surface area (Å²) < 4.78 is 15.5. The minimum Gasteiger partial charge on any atom is -0.493 e. The molecule has 2 aromatic rings. The van der Waals surface area contributed by atoms with E-state index in [4.69, 9.17) is 13.9 Å². The highest BCUT2D eigenvalue weighted by atomic mass is 16.5. The highest BCUT2D eigenvalue weighted by Crippen LogP contribution is 2.27. The van der Waals surface area contributed by atoms with Crippen LogP contribution in [0.25, 0.3) is 0 Å². The van der Waals surface area contributed by atoms with E-state index < -0.39 is 0 Å². The van der Waals surface area contributed by atoms with Crippen LogP contribution in [0.2, 0.25) is 0 Å². The number of rotatable bonds is 7. The van der Waals surface area contributed by atoms with Crippen molar-refractivity contribution in [3.8, 4) is 11.5 Å². The van der Waals surface area contributed by atoms with Gasteiger partial charge in [0.15, 0.2) is 17.4 Å². The molecule has 0 radical (unpaired) electrons. The molecule has 1 amide bonds. The van der Waals surface area contributed by atoms with Crippen molar-refractivity contribution in [2.45, 2.75) is 26.3 Å². The van der Waals surface area contributed by atoms with Crippen LogP contribution in [0.1, 0.15) is 23.6 Å². The summed E-state index contributed by atoms with van der Waals surface area (Å²) in [5, 5.41) is 2.87. The van der Waals surface area contributed by atoms with Gasteiger partial charge in [0.1, 0.15) is 6.26 Å². The summed E-state index contributed by atoms with van der Waals surface area (Å²) in [7, 11) is 3.17. The number of nitrogens with zero attached hydrogens (tertiary/aromatic N) is 1. The lowest BCUT2D eigenvalue weighted by Crippen LogP contribution is -2.23. The molecule has 0 atom stereocenters. The summed E-state index contributed by atoms with van der Waals surface area (Å²) in [6.45, 7) is 2.22. The molecule has 0 fully saturated rings. The molecule has 1 heterocycles. The fourth-order valence-electron chi connectivity index (χ4n) is 2.04. The topological polar surface area (TPSA) is 73.6 Å². The van der Waals surface area contributed by atoms with Crippen LogP contribution in [0, 0.1) is 6.92 Å². The predicted molar refractivity (Wildman–Crippen MR) is 81.0 cm³/mol. The van der Waals surface area contributed by atoms with Gasteiger partial charge in [0.25, 0.3) is 0 Å². The predicted octanol–water partition coefficient (Wildman–Crippen LogP) is 2.25. The molecule has 0 unspecified atom stereocenters. The molecular formula is C16H20N2O4. The maximum atomic E-state index is 11.8. The van der Waals surface area contributed by atoms with Crippen LogP contribution < -0.4 is 14.8 Å². The van der Waals surface area contributed by atoms with Gasteiger partial charge in [0.05, 0.1) is 19.9 Å². The smallest absolute Gasteiger partial charge is 0.220 e. The first-order valence-corrected chi connectivity index (χ1v) is 7.01. The van der Waals surface area contributed by atoms with Gasteiger partial charge in [-0.05, 0) is 17.7 Å². The van der Waals surface area contributed by atoms with Crippen molar-refractivity contribution in [2.24, 2.45) is 0 Å². The molecule has 0 aliphatic rings. The van der Waals surface area contributed by atoms with Crippen LogP contribution >= 0.6 is 0 Å². The molecule has 0 aliphatic heterocycles. The summed E-state index contributed by atoms with van der Waals surface area (Å²) >= 11 is 0. The summed E-state index contributed by atoms with van der Waals surface area (Å²) in [6.07, 6.45) is 2.52. The number of carbonyl (C=O) groups excluding carboxylic acids is 1. The van der Waals surface area contributed by atoms with E-state index in [-0.39, 0.29) is 5.91 Å². The zero-order valence-corrected chi connectivity index (χ0v) is 13.0. The average Bonchev–Trinajstić information content (AvgIpc) is 2.96. The second-order valence-corrected chi connectivity index (χ2v) is 4.82. The molecule has 0 aliphatic carbocycles. The van der Waals surface area contributed by atoms with E-state index in [1.807, 2.05) is 18.2 Å². The molecule has 1 aromatic heterocycles. The molecule has 0 spiro atoms. The molecule has 6 heteroatoms. The molecule has 22 heavy (non-hydrogen) atoms. The van der Waals surface area contributed by atoms with Crippen molar-refractivity contribution >= 4 is 5.91 Å². The molecule has 0 saturated heterocycles. The minimum absolute atomic E-state index is 0.0320. The fraction of sp³-hybridized carbons (Fsp3) is 0.375. The van der Waals surface area contributed by atoms with Crippen molar-refractivity contribution in [1.82, 2.24) is 10.3 Å². The molecule has 1 N–H and O–H groups in total. The summed E-state index contributed by atoms with van der Waals surface area (Å²) in [4.78, 5) is 16.0. The van der Waals surface area contributed by atoms with Crippen LogP contribution in [-0.4, -0.2) is 25.1 Å². The second kappa shape index (κ2) is 7.49. The van der Waals surface area contributed by atoms with Gasteiger partial charge in [0.2, 0.25) is 5.91 Å². The number of carbonyl (C=O) groups is 1. The number of amides is 1. The van der Waals surface area contributed by atoms with Gasteiger partial charge in [-0.3, -0.25) is 4.79 Å². The van der Waals surface area contributed by atoms with Crippen molar-refractivity contribution in [3.05, 3.63) is 41.6 Å². The van der Waals surface area contributed by atoms with Gasteiger partial charge in [-0.2, -0.15) is 0 Å². The van der Waals surface area contributed by atoms with Gasteiger partial charge in [-0.1, -0.05) is 6.07 Å². The zero-order valence-electron chi connectivity index (χ0n) is 13.0. The summed E-state index contributed by atoms with van der Waals surface area (Å²) in [5.74, 6) is 1.89. The Balaban J connectivity index is 1.83. The Morgan fingerprint density at radius 3 is 2.68 bits per heavy atom. The maximum Gasteiger partial charge on any atom is 0.220 e. The number of benzene rings is 1. The first-order chi connectivity index (χ1) is 10.6. The molecular weight excluding hydrogens is 284 g/mol. The van der Waals surface area contributed by atoms with Crippen LogP contribution in [0.4, 0.5) is 0 Å².